The number of ether oxygens (including phenoxy) is 1. The maximum absolute atomic E-state index is 12.7. The van der Waals surface area contributed by atoms with Crippen molar-refractivity contribution in [3.8, 4) is 5.75 Å². The molecule has 3 rings (SSSR count). The van der Waals surface area contributed by atoms with Crippen molar-refractivity contribution in [3.05, 3.63) is 30.0 Å². The predicted molar refractivity (Wildman–Crippen MR) is 107 cm³/mol. The molecule has 1 fully saturated rings. The second kappa shape index (κ2) is 9.10. The summed E-state index contributed by atoms with van der Waals surface area (Å²) in [5.41, 5.74) is 1.61. The molecule has 1 saturated heterocycles. The second-order valence-electron chi connectivity index (χ2n) is 7.02. The molecule has 2 amide bonds. The molecule has 1 aliphatic heterocycles. The Labute approximate surface area is 165 Å². The number of carbonyl (C=O) groups excluding carboxylic acids is 2. The molecule has 1 aromatic heterocycles. The summed E-state index contributed by atoms with van der Waals surface area (Å²) < 4.78 is 10.8. The highest BCUT2D eigenvalue weighted by Crippen LogP contribution is 2.26. The first-order valence-electron chi connectivity index (χ1n) is 9.87. The predicted octanol–water partition coefficient (Wildman–Crippen LogP) is 2.00. The number of rotatable bonds is 7. The molecule has 1 aromatic carbocycles. The fraction of sp³-hybridized carbons (Fsp3) is 0.524. The summed E-state index contributed by atoms with van der Waals surface area (Å²) in [4.78, 5) is 30.8. The molecule has 7 heteroatoms. The highest BCUT2D eigenvalue weighted by atomic mass is 16.5. The maximum atomic E-state index is 12.7. The molecule has 7 nitrogen and oxygen atoms in total. The molecule has 0 saturated carbocycles. The summed E-state index contributed by atoms with van der Waals surface area (Å²) in [6.45, 7) is 8.63. The van der Waals surface area contributed by atoms with Gasteiger partial charge in [-0.05, 0) is 26.0 Å². The largest absolute Gasteiger partial charge is 0.497 e. The second-order valence-corrected chi connectivity index (χ2v) is 7.02. The van der Waals surface area contributed by atoms with Crippen molar-refractivity contribution < 1.29 is 18.7 Å². The van der Waals surface area contributed by atoms with E-state index in [1.165, 1.54) is 0 Å². The third-order valence-corrected chi connectivity index (χ3v) is 5.40. The monoisotopic (exact) mass is 387 g/mol. The van der Waals surface area contributed by atoms with Gasteiger partial charge in [-0.3, -0.25) is 14.5 Å². The van der Waals surface area contributed by atoms with Crippen molar-refractivity contribution in [3.63, 3.8) is 0 Å². The molecule has 2 aromatic rings. The molecule has 0 unspecified atom stereocenters. The Balaban J connectivity index is 1.54. The number of piperazine rings is 1. The van der Waals surface area contributed by atoms with Crippen molar-refractivity contribution in [2.75, 3.05) is 52.9 Å². The van der Waals surface area contributed by atoms with E-state index in [1.807, 2.05) is 41.8 Å². The van der Waals surface area contributed by atoms with E-state index in [0.717, 1.165) is 48.5 Å². The van der Waals surface area contributed by atoms with Crippen LogP contribution < -0.4 is 4.74 Å². The van der Waals surface area contributed by atoms with E-state index in [1.54, 1.807) is 13.4 Å². The molecular formula is C21H29N3O4. The van der Waals surface area contributed by atoms with Gasteiger partial charge in [-0.15, -0.1) is 0 Å². The summed E-state index contributed by atoms with van der Waals surface area (Å²) in [7, 11) is 1.61. The molecule has 1 aliphatic rings. The molecule has 0 radical (unpaired) electrons. The fourth-order valence-corrected chi connectivity index (χ4v) is 3.63. The number of likely N-dealkylation sites (N-methyl/N-ethyl adjacent to an activating group) is 1. The Kier molecular flexibility index (Phi) is 6.57. The fourth-order valence-electron chi connectivity index (χ4n) is 3.63. The van der Waals surface area contributed by atoms with E-state index >= 15 is 0 Å². The minimum Gasteiger partial charge on any atom is -0.497 e. The van der Waals surface area contributed by atoms with Gasteiger partial charge in [-0.1, -0.05) is 0 Å². The lowest BCUT2D eigenvalue weighted by molar-refractivity contribution is -0.134. The molecule has 0 atom stereocenters. The van der Waals surface area contributed by atoms with Crippen LogP contribution in [-0.4, -0.2) is 79.4 Å². The Morgan fingerprint density at radius 2 is 1.86 bits per heavy atom. The van der Waals surface area contributed by atoms with Crippen LogP contribution in [0.15, 0.2) is 28.9 Å². The minimum atomic E-state index is 0.0910. The van der Waals surface area contributed by atoms with Gasteiger partial charge in [0.2, 0.25) is 11.8 Å². The Morgan fingerprint density at radius 3 is 2.50 bits per heavy atom. The number of methoxy groups -OCH3 is 1. The SMILES string of the molecule is CCN(CC)C(=O)CN1CCN(C(=O)Cc2coc3cc(OC)ccc23)CC1. The van der Waals surface area contributed by atoms with Gasteiger partial charge in [0.05, 0.1) is 26.3 Å². The molecule has 152 valence electrons. The van der Waals surface area contributed by atoms with E-state index < -0.39 is 0 Å². The average Bonchev–Trinajstić information content (AvgIpc) is 3.11. The van der Waals surface area contributed by atoms with Gasteiger partial charge >= 0.3 is 0 Å². The summed E-state index contributed by atoms with van der Waals surface area (Å²) >= 11 is 0. The van der Waals surface area contributed by atoms with Crippen LogP contribution in [0.3, 0.4) is 0 Å². The van der Waals surface area contributed by atoms with E-state index in [2.05, 4.69) is 4.90 Å². The van der Waals surface area contributed by atoms with Gasteiger partial charge in [0, 0.05) is 56.3 Å². The third kappa shape index (κ3) is 4.47. The summed E-state index contributed by atoms with van der Waals surface area (Å²) in [6, 6.07) is 5.63. The van der Waals surface area contributed by atoms with Crippen LogP contribution in [0.2, 0.25) is 0 Å². The first-order chi connectivity index (χ1) is 13.5. The number of fused-ring (bicyclic) bond motifs is 1. The molecule has 0 aliphatic carbocycles. The number of carbonyl (C=O) groups is 2. The van der Waals surface area contributed by atoms with Crippen LogP contribution in [0.5, 0.6) is 5.75 Å². The molecule has 0 N–H and O–H groups in total. The lowest BCUT2D eigenvalue weighted by Crippen LogP contribution is -2.51. The maximum Gasteiger partial charge on any atom is 0.236 e. The van der Waals surface area contributed by atoms with Crippen LogP contribution >= 0.6 is 0 Å². The van der Waals surface area contributed by atoms with Crippen LogP contribution in [0.4, 0.5) is 0 Å². The smallest absolute Gasteiger partial charge is 0.236 e. The number of amides is 2. The quantitative estimate of drug-likeness (QED) is 0.727. The van der Waals surface area contributed by atoms with Crippen molar-refractivity contribution in [1.29, 1.82) is 0 Å². The van der Waals surface area contributed by atoms with Gasteiger partial charge in [-0.2, -0.15) is 0 Å². The standard InChI is InChI=1S/C21H29N3O4/c1-4-23(5-2)21(26)14-22-8-10-24(11-9-22)20(25)12-16-15-28-19-13-17(27-3)6-7-18(16)19/h6-7,13,15H,4-5,8-12,14H2,1-3H3. The highest BCUT2D eigenvalue weighted by molar-refractivity contribution is 5.88. The van der Waals surface area contributed by atoms with Crippen molar-refractivity contribution >= 4 is 22.8 Å². The zero-order valence-electron chi connectivity index (χ0n) is 16.9. The Morgan fingerprint density at radius 1 is 1.14 bits per heavy atom. The number of hydrogen-bond acceptors (Lipinski definition) is 5. The van der Waals surface area contributed by atoms with E-state index in [-0.39, 0.29) is 11.8 Å². The topological polar surface area (TPSA) is 66.2 Å². The Hall–Kier alpha value is -2.54. The van der Waals surface area contributed by atoms with Crippen LogP contribution in [0, 0.1) is 0 Å². The first kappa shape index (κ1) is 20.2. The van der Waals surface area contributed by atoms with Gasteiger partial charge in [0.15, 0.2) is 0 Å². The zero-order valence-corrected chi connectivity index (χ0v) is 16.9. The van der Waals surface area contributed by atoms with Gasteiger partial charge in [-0.25, -0.2) is 0 Å². The highest BCUT2D eigenvalue weighted by Gasteiger charge is 2.24. The summed E-state index contributed by atoms with van der Waals surface area (Å²) in [5.74, 6) is 0.980. The van der Waals surface area contributed by atoms with Crippen LogP contribution in [0.25, 0.3) is 11.0 Å². The normalized spacial score (nSPS) is 15.0. The lowest BCUT2D eigenvalue weighted by atomic mass is 10.1. The number of nitrogens with zero attached hydrogens (tertiary/aromatic N) is 3. The first-order valence-corrected chi connectivity index (χ1v) is 9.87. The van der Waals surface area contributed by atoms with Crippen molar-refractivity contribution in [2.24, 2.45) is 0 Å². The number of hydrogen-bond donors (Lipinski definition) is 0. The third-order valence-electron chi connectivity index (χ3n) is 5.40. The van der Waals surface area contributed by atoms with Gasteiger partial charge < -0.3 is 19.0 Å². The van der Waals surface area contributed by atoms with Gasteiger partial charge in [0.25, 0.3) is 0 Å². The van der Waals surface area contributed by atoms with Crippen molar-refractivity contribution in [2.45, 2.75) is 20.3 Å². The number of furan rings is 1. The molecule has 0 bridgehead atoms. The molecule has 28 heavy (non-hydrogen) atoms. The Bertz CT molecular complexity index is 820. The molecule has 2 heterocycles. The number of benzene rings is 1. The molecule has 0 spiro atoms. The van der Waals surface area contributed by atoms with Crippen LogP contribution in [-0.2, 0) is 16.0 Å². The van der Waals surface area contributed by atoms with E-state index in [0.29, 0.717) is 26.1 Å². The minimum absolute atomic E-state index is 0.0910. The zero-order chi connectivity index (χ0) is 20.1. The summed E-state index contributed by atoms with van der Waals surface area (Å²) in [5, 5.41) is 0.942. The van der Waals surface area contributed by atoms with Gasteiger partial charge in [0.1, 0.15) is 11.3 Å². The average molecular weight is 387 g/mol. The van der Waals surface area contributed by atoms with Crippen molar-refractivity contribution in [1.82, 2.24) is 14.7 Å². The van der Waals surface area contributed by atoms with E-state index in [9.17, 15) is 9.59 Å². The summed E-state index contributed by atoms with van der Waals surface area (Å²) in [6.07, 6.45) is 1.97. The molecular weight excluding hydrogens is 358 g/mol. The van der Waals surface area contributed by atoms with Crippen LogP contribution in [0.1, 0.15) is 19.4 Å². The lowest BCUT2D eigenvalue weighted by Gasteiger charge is -2.35. The van der Waals surface area contributed by atoms with E-state index in [4.69, 9.17) is 9.15 Å².